The van der Waals surface area contributed by atoms with Gasteiger partial charge in [-0.1, -0.05) is 0 Å². The van der Waals surface area contributed by atoms with Crippen molar-refractivity contribution in [2.24, 2.45) is 5.73 Å². The summed E-state index contributed by atoms with van der Waals surface area (Å²) < 4.78 is 10.7. The molecule has 0 aliphatic carbocycles. The van der Waals surface area contributed by atoms with E-state index in [2.05, 4.69) is 4.90 Å². The van der Waals surface area contributed by atoms with E-state index in [9.17, 15) is 9.59 Å². The Labute approximate surface area is 148 Å². The number of likely N-dealkylation sites (N-methyl/N-ethyl adjacent to an activating group) is 1. The van der Waals surface area contributed by atoms with Gasteiger partial charge in [0.05, 0.1) is 19.8 Å². The second kappa shape index (κ2) is 8.79. The second-order valence-corrected chi connectivity index (χ2v) is 6.88. The van der Waals surface area contributed by atoms with Crippen LogP contribution in [0.4, 0.5) is 4.79 Å². The van der Waals surface area contributed by atoms with Crippen molar-refractivity contribution < 1.29 is 24.2 Å². The molecule has 2 rings (SSSR count). The standard InChI is InChI=1S/C16H30N4O5/c1-18(9-10-24-2)7-8-20-12-16(25-15(20)23)3-5-19(6-4-16)14(22)13(17)11-21/h13,21H,3-12,17H2,1-2H3/t13-/m0/s1. The maximum Gasteiger partial charge on any atom is 0.410 e. The summed E-state index contributed by atoms with van der Waals surface area (Å²) in [6.07, 6.45) is 0.907. The predicted molar refractivity (Wildman–Crippen MR) is 91.0 cm³/mol. The molecule has 1 spiro atoms. The van der Waals surface area contributed by atoms with E-state index in [-0.39, 0.29) is 18.6 Å². The minimum atomic E-state index is -0.876. The molecule has 0 aromatic heterocycles. The number of methoxy groups -OCH3 is 1. The van der Waals surface area contributed by atoms with Crippen LogP contribution in [0.3, 0.4) is 0 Å². The second-order valence-electron chi connectivity index (χ2n) is 6.88. The Kier molecular flexibility index (Phi) is 7.00. The number of amides is 2. The van der Waals surface area contributed by atoms with Gasteiger partial charge in [-0.25, -0.2) is 4.79 Å². The quantitative estimate of drug-likeness (QED) is 0.555. The third kappa shape index (κ3) is 5.04. The van der Waals surface area contributed by atoms with Gasteiger partial charge in [-0.15, -0.1) is 0 Å². The number of carbonyl (C=O) groups is 2. The predicted octanol–water partition coefficient (Wildman–Crippen LogP) is -1.30. The van der Waals surface area contributed by atoms with Gasteiger partial charge in [0, 0.05) is 52.7 Å². The van der Waals surface area contributed by atoms with Gasteiger partial charge in [0.25, 0.3) is 0 Å². The molecule has 25 heavy (non-hydrogen) atoms. The maximum absolute atomic E-state index is 12.2. The number of aliphatic hydroxyl groups excluding tert-OH is 1. The Balaban J connectivity index is 1.81. The molecule has 2 saturated heterocycles. The number of carbonyl (C=O) groups excluding carboxylic acids is 2. The van der Waals surface area contributed by atoms with Crippen LogP contribution in [0, 0.1) is 0 Å². The first-order valence-electron chi connectivity index (χ1n) is 8.71. The largest absolute Gasteiger partial charge is 0.441 e. The van der Waals surface area contributed by atoms with E-state index in [1.165, 1.54) is 0 Å². The smallest absolute Gasteiger partial charge is 0.410 e. The fraction of sp³-hybridized carbons (Fsp3) is 0.875. The van der Waals surface area contributed by atoms with Crippen molar-refractivity contribution in [2.75, 3.05) is 66.6 Å². The summed E-state index contributed by atoms with van der Waals surface area (Å²) >= 11 is 0. The molecular weight excluding hydrogens is 328 g/mol. The van der Waals surface area contributed by atoms with Crippen LogP contribution in [0.1, 0.15) is 12.8 Å². The van der Waals surface area contributed by atoms with E-state index in [1.807, 2.05) is 7.05 Å². The van der Waals surface area contributed by atoms with Crippen LogP contribution in [0.2, 0.25) is 0 Å². The minimum Gasteiger partial charge on any atom is -0.441 e. The van der Waals surface area contributed by atoms with E-state index in [0.29, 0.717) is 45.6 Å². The van der Waals surface area contributed by atoms with E-state index >= 15 is 0 Å². The van der Waals surface area contributed by atoms with Gasteiger partial charge in [0.1, 0.15) is 11.6 Å². The zero-order valence-corrected chi connectivity index (χ0v) is 15.1. The highest BCUT2D eigenvalue weighted by molar-refractivity contribution is 5.82. The Morgan fingerprint density at radius 1 is 1.44 bits per heavy atom. The van der Waals surface area contributed by atoms with Crippen molar-refractivity contribution in [1.82, 2.24) is 14.7 Å². The van der Waals surface area contributed by atoms with Gasteiger partial charge in [0.15, 0.2) is 0 Å². The Morgan fingerprint density at radius 2 is 2.12 bits per heavy atom. The van der Waals surface area contributed by atoms with E-state index in [1.54, 1.807) is 16.9 Å². The molecule has 0 radical (unpaired) electrons. The van der Waals surface area contributed by atoms with Crippen LogP contribution in [0.5, 0.6) is 0 Å². The molecule has 144 valence electrons. The molecule has 2 aliphatic rings. The molecule has 0 bridgehead atoms. The SMILES string of the molecule is COCCN(C)CCN1CC2(CCN(C(=O)[C@@H](N)CO)CC2)OC1=O. The number of nitrogens with zero attached hydrogens (tertiary/aromatic N) is 3. The molecule has 2 amide bonds. The van der Waals surface area contributed by atoms with Crippen LogP contribution in [-0.2, 0) is 14.3 Å². The van der Waals surface area contributed by atoms with Crippen molar-refractivity contribution in [2.45, 2.75) is 24.5 Å². The van der Waals surface area contributed by atoms with Crippen LogP contribution < -0.4 is 5.73 Å². The number of nitrogens with two attached hydrogens (primary N) is 1. The molecule has 0 saturated carbocycles. The first kappa shape index (κ1) is 19.9. The highest BCUT2D eigenvalue weighted by Gasteiger charge is 2.47. The molecule has 9 nitrogen and oxygen atoms in total. The van der Waals surface area contributed by atoms with Crippen LogP contribution in [-0.4, -0.2) is 110 Å². The summed E-state index contributed by atoms with van der Waals surface area (Å²) in [6, 6.07) is -0.876. The van der Waals surface area contributed by atoms with E-state index in [0.717, 1.165) is 13.1 Å². The topological polar surface area (TPSA) is 109 Å². The Bertz CT molecular complexity index is 467. The van der Waals surface area contributed by atoms with Gasteiger partial charge in [-0.3, -0.25) is 4.79 Å². The first-order valence-corrected chi connectivity index (χ1v) is 8.71. The molecular formula is C16H30N4O5. The maximum atomic E-state index is 12.2. The molecule has 2 fully saturated rings. The third-order valence-electron chi connectivity index (χ3n) is 4.97. The summed E-state index contributed by atoms with van der Waals surface area (Å²) in [4.78, 5) is 29.7. The number of hydrogen-bond donors (Lipinski definition) is 2. The molecule has 0 unspecified atom stereocenters. The van der Waals surface area contributed by atoms with Crippen LogP contribution in [0.25, 0.3) is 0 Å². The number of piperidine rings is 1. The van der Waals surface area contributed by atoms with Gasteiger partial charge in [-0.05, 0) is 7.05 Å². The molecule has 2 aliphatic heterocycles. The summed E-state index contributed by atoms with van der Waals surface area (Å²) in [6.45, 7) is 4.00. The van der Waals surface area contributed by atoms with E-state index in [4.69, 9.17) is 20.3 Å². The van der Waals surface area contributed by atoms with E-state index < -0.39 is 11.6 Å². The lowest BCUT2D eigenvalue weighted by Gasteiger charge is -2.38. The number of rotatable bonds is 8. The van der Waals surface area contributed by atoms with Crippen molar-refractivity contribution in [3.8, 4) is 0 Å². The first-order chi connectivity index (χ1) is 11.9. The van der Waals surface area contributed by atoms with Crippen LogP contribution in [0.15, 0.2) is 0 Å². The zero-order chi connectivity index (χ0) is 18.4. The van der Waals surface area contributed by atoms with Crippen molar-refractivity contribution >= 4 is 12.0 Å². The summed E-state index contributed by atoms with van der Waals surface area (Å²) in [7, 11) is 3.66. The normalized spacial score (nSPS) is 21.1. The highest BCUT2D eigenvalue weighted by Crippen LogP contribution is 2.33. The molecule has 9 heteroatoms. The number of aliphatic hydroxyl groups is 1. The average Bonchev–Trinajstić information content (AvgIpc) is 2.92. The molecule has 2 heterocycles. The summed E-state index contributed by atoms with van der Waals surface area (Å²) in [5, 5.41) is 9.01. The molecule has 0 aromatic carbocycles. The van der Waals surface area contributed by atoms with Crippen LogP contribution >= 0.6 is 0 Å². The fourth-order valence-corrected chi connectivity index (χ4v) is 3.22. The number of hydrogen-bond acceptors (Lipinski definition) is 7. The van der Waals surface area contributed by atoms with Crippen molar-refractivity contribution in [3.63, 3.8) is 0 Å². The van der Waals surface area contributed by atoms with Gasteiger partial charge < -0.3 is 35.0 Å². The summed E-state index contributed by atoms with van der Waals surface area (Å²) in [5.74, 6) is -0.252. The highest BCUT2D eigenvalue weighted by atomic mass is 16.6. The molecule has 0 aromatic rings. The lowest BCUT2D eigenvalue weighted by molar-refractivity contribution is -0.136. The monoisotopic (exact) mass is 358 g/mol. The Hall–Kier alpha value is -1.42. The van der Waals surface area contributed by atoms with Crippen molar-refractivity contribution in [1.29, 1.82) is 0 Å². The van der Waals surface area contributed by atoms with Gasteiger partial charge >= 0.3 is 6.09 Å². The number of likely N-dealkylation sites (tertiary alicyclic amines) is 1. The summed E-state index contributed by atoms with van der Waals surface area (Å²) in [5.41, 5.74) is 5.08. The Morgan fingerprint density at radius 3 is 2.72 bits per heavy atom. The van der Waals surface area contributed by atoms with Crippen molar-refractivity contribution in [3.05, 3.63) is 0 Å². The lowest BCUT2D eigenvalue weighted by Crippen LogP contribution is -2.53. The zero-order valence-electron chi connectivity index (χ0n) is 15.1. The minimum absolute atomic E-state index is 0.252. The van der Waals surface area contributed by atoms with Gasteiger partial charge in [0.2, 0.25) is 5.91 Å². The fourth-order valence-electron chi connectivity index (χ4n) is 3.22. The number of ether oxygens (including phenoxy) is 2. The lowest BCUT2D eigenvalue weighted by atomic mass is 9.91. The van der Waals surface area contributed by atoms with Gasteiger partial charge in [-0.2, -0.15) is 0 Å². The molecule has 3 N–H and O–H groups in total. The average molecular weight is 358 g/mol. The third-order valence-corrected chi connectivity index (χ3v) is 4.97. The molecule has 1 atom stereocenters.